The molecule has 0 unspecified atom stereocenters. The maximum absolute atomic E-state index is 12.0. The first-order valence-corrected chi connectivity index (χ1v) is 6.43. The fourth-order valence-corrected chi connectivity index (χ4v) is 2.50. The predicted molar refractivity (Wildman–Crippen MR) is 68.1 cm³/mol. The molecule has 1 aliphatic heterocycles. The Kier molecular flexibility index (Phi) is 2.71. The van der Waals surface area contributed by atoms with Gasteiger partial charge in [-0.05, 0) is 36.6 Å². The zero-order valence-electron chi connectivity index (χ0n) is 9.58. The largest absolute Gasteiger partial charge is 0.384 e. The second-order valence-electron chi connectivity index (χ2n) is 4.73. The summed E-state index contributed by atoms with van der Waals surface area (Å²) in [5, 5.41) is 4.03. The molecule has 1 saturated carbocycles. The lowest BCUT2D eigenvalue weighted by Crippen LogP contribution is -2.35. The van der Waals surface area contributed by atoms with E-state index in [4.69, 9.17) is 11.6 Å². The van der Waals surface area contributed by atoms with E-state index in [0.717, 1.165) is 29.1 Å². The van der Waals surface area contributed by atoms with E-state index in [1.54, 1.807) is 0 Å². The Morgan fingerprint density at radius 2 is 2.18 bits per heavy atom. The van der Waals surface area contributed by atoms with Gasteiger partial charge in [-0.2, -0.15) is 0 Å². The lowest BCUT2D eigenvalue weighted by atomic mass is 10.1. The fraction of sp³-hybridized carbons (Fsp3) is 0.462. The molecule has 2 aliphatic rings. The molecule has 1 aromatic rings. The second kappa shape index (κ2) is 4.22. The second-order valence-corrected chi connectivity index (χ2v) is 5.17. The van der Waals surface area contributed by atoms with Crippen LogP contribution in [0.4, 0.5) is 5.69 Å². The maximum Gasteiger partial charge on any atom is 0.224 e. The smallest absolute Gasteiger partial charge is 0.224 e. The molecule has 3 rings (SSSR count). The first kappa shape index (κ1) is 10.9. The van der Waals surface area contributed by atoms with Crippen molar-refractivity contribution in [1.29, 1.82) is 0 Å². The molecular weight excluding hydrogens is 236 g/mol. The molecule has 90 valence electrons. The van der Waals surface area contributed by atoms with Gasteiger partial charge in [-0.25, -0.2) is 0 Å². The Hall–Kier alpha value is -1.22. The van der Waals surface area contributed by atoms with Gasteiger partial charge in [0.15, 0.2) is 0 Å². The van der Waals surface area contributed by atoms with Gasteiger partial charge in [0.25, 0.3) is 0 Å². The number of halogens is 1. The van der Waals surface area contributed by atoms with Crippen molar-refractivity contribution in [3.05, 3.63) is 28.8 Å². The molecule has 0 spiro atoms. The van der Waals surface area contributed by atoms with Gasteiger partial charge >= 0.3 is 0 Å². The Balaban J connectivity index is 1.93. The van der Waals surface area contributed by atoms with Gasteiger partial charge in [0.05, 0.1) is 0 Å². The van der Waals surface area contributed by atoms with Crippen molar-refractivity contribution in [1.82, 2.24) is 4.90 Å². The number of rotatable bonds is 1. The highest BCUT2D eigenvalue weighted by atomic mass is 35.5. The highest BCUT2D eigenvalue weighted by molar-refractivity contribution is 6.30. The summed E-state index contributed by atoms with van der Waals surface area (Å²) in [6, 6.07) is 6.31. The minimum absolute atomic E-state index is 0.255. The molecule has 0 radical (unpaired) electrons. The van der Waals surface area contributed by atoms with Crippen molar-refractivity contribution >= 4 is 23.2 Å². The van der Waals surface area contributed by atoms with Crippen molar-refractivity contribution in [2.45, 2.75) is 31.8 Å². The lowest BCUT2D eigenvalue weighted by molar-refractivity contribution is -0.132. The predicted octanol–water partition coefficient (Wildman–Crippen LogP) is 2.65. The summed E-state index contributed by atoms with van der Waals surface area (Å²) in [7, 11) is 0. The monoisotopic (exact) mass is 250 g/mol. The van der Waals surface area contributed by atoms with Gasteiger partial charge < -0.3 is 10.2 Å². The third-order valence-corrected chi connectivity index (χ3v) is 3.61. The molecule has 1 aliphatic carbocycles. The summed E-state index contributed by atoms with van der Waals surface area (Å²) in [6.45, 7) is 1.39. The molecule has 1 N–H and O–H groups in total. The summed E-state index contributed by atoms with van der Waals surface area (Å²) in [5.41, 5.74) is 2.23. The number of carbonyl (C=O) groups excluding carboxylic acids is 1. The van der Waals surface area contributed by atoms with Crippen LogP contribution in [0.15, 0.2) is 18.2 Å². The normalized spacial score (nSPS) is 20.3. The van der Waals surface area contributed by atoms with E-state index in [9.17, 15) is 4.79 Å². The van der Waals surface area contributed by atoms with Crippen LogP contribution in [-0.2, 0) is 11.3 Å². The van der Waals surface area contributed by atoms with Crippen molar-refractivity contribution in [3.8, 4) is 0 Å². The molecule has 4 heteroatoms. The van der Waals surface area contributed by atoms with E-state index in [1.165, 1.54) is 0 Å². The number of carbonyl (C=O) groups is 1. The summed E-state index contributed by atoms with van der Waals surface area (Å²) in [6.07, 6.45) is 2.88. The molecule has 1 amide bonds. The molecule has 17 heavy (non-hydrogen) atoms. The quantitative estimate of drug-likeness (QED) is 0.831. The highest BCUT2D eigenvalue weighted by Crippen LogP contribution is 2.32. The third-order valence-electron chi connectivity index (χ3n) is 3.37. The lowest BCUT2D eigenvalue weighted by Gasteiger charge is -2.27. The maximum atomic E-state index is 12.0. The van der Waals surface area contributed by atoms with E-state index in [-0.39, 0.29) is 5.91 Å². The molecular formula is C13H15ClN2O. The van der Waals surface area contributed by atoms with Crippen LogP contribution in [0.1, 0.15) is 24.8 Å². The molecule has 0 saturated heterocycles. The van der Waals surface area contributed by atoms with E-state index >= 15 is 0 Å². The highest BCUT2D eigenvalue weighted by Gasteiger charge is 2.33. The zero-order chi connectivity index (χ0) is 11.8. The van der Waals surface area contributed by atoms with Gasteiger partial charge in [-0.15, -0.1) is 0 Å². The van der Waals surface area contributed by atoms with Crippen LogP contribution in [0.25, 0.3) is 0 Å². The Morgan fingerprint density at radius 3 is 2.94 bits per heavy atom. The number of hydrogen-bond acceptors (Lipinski definition) is 2. The summed E-state index contributed by atoms with van der Waals surface area (Å²) < 4.78 is 0. The van der Waals surface area contributed by atoms with Crippen LogP contribution >= 0.6 is 11.6 Å². The SMILES string of the molecule is O=C1CCNc2ccc(Cl)cc2CN1C1CC1. The van der Waals surface area contributed by atoms with Crippen LogP contribution in [-0.4, -0.2) is 23.4 Å². The van der Waals surface area contributed by atoms with Gasteiger partial charge in [0.2, 0.25) is 5.91 Å². The summed E-state index contributed by atoms with van der Waals surface area (Å²) in [4.78, 5) is 14.0. The molecule has 3 nitrogen and oxygen atoms in total. The number of anilines is 1. The first-order valence-electron chi connectivity index (χ1n) is 6.06. The number of nitrogens with zero attached hydrogens (tertiary/aromatic N) is 1. The van der Waals surface area contributed by atoms with Crippen molar-refractivity contribution < 1.29 is 4.79 Å². The van der Waals surface area contributed by atoms with Crippen molar-refractivity contribution in [3.63, 3.8) is 0 Å². The molecule has 1 aromatic carbocycles. The average molecular weight is 251 g/mol. The van der Waals surface area contributed by atoms with Gasteiger partial charge in [0, 0.05) is 36.3 Å². The van der Waals surface area contributed by atoms with Crippen LogP contribution in [0.5, 0.6) is 0 Å². The van der Waals surface area contributed by atoms with Gasteiger partial charge in [0.1, 0.15) is 0 Å². The average Bonchev–Trinajstić information content (AvgIpc) is 3.10. The fourth-order valence-electron chi connectivity index (χ4n) is 2.30. The third kappa shape index (κ3) is 2.25. The number of hydrogen-bond donors (Lipinski definition) is 1. The van der Waals surface area contributed by atoms with E-state index in [2.05, 4.69) is 5.32 Å². The van der Waals surface area contributed by atoms with E-state index < -0.39 is 0 Å². The minimum Gasteiger partial charge on any atom is -0.384 e. The number of nitrogens with one attached hydrogen (secondary N) is 1. The van der Waals surface area contributed by atoms with E-state index in [0.29, 0.717) is 25.6 Å². The molecule has 1 fully saturated rings. The van der Waals surface area contributed by atoms with Crippen LogP contribution in [0.3, 0.4) is 0 Å². The minimum atomic E-state index is 0.255. The molecule has 0 aromatic heterocycles. The summed E-state index contributed by atoms with van der Waals surface area (Å²) in [5.74, 6) is 0.255. The Labute approximate surface area is 106 Å². The Bertz CT molecular complexity index is 457. The number of amides is 1. The van der Waals surface area contributed by atoms with E-state index in [1.807, 2.05) is 23.1 Å². The topological polar surface area (TPSA) is 32.3 Å². The van der Waals surface area contributed by atoms with Crippen LogP contribution in [0.2, 0.25) is 5.02 Å². The first-order chi connectivity index (χ1) is 8.24. The molecule has 1 heterocycles. The number of benzene rings is 1. The van der Waals surface area contributed by atoms with Gasteiger partial charge in [-0.3, -0.25) is 4.79 Å². The standard InChI is InChI=1S/C13H15ClN2O/c14-10-1-4-12-9(7-10)8-16(11-2-3-11)13(17)5-6-15-12/h1,4,7,11,15H,2-3,5-6,8H2. The number of fused-ring (bicyclic) bond motifs is 1. The van der Waals surface area contributed by atoms with Gasteiger partial charge in [-0.1, -0.05) is 11.6 Å². The van der Waals surface area contributed by atoms with Crippen LogP contribution < -0.4 is 5.32 Å². The molecule has 0 atom stereocenters. The molecule has 0 bridgehead atoms. The van der Waals surface area contributed by atoms with Crippen molar-refractivity contribution in [2.24, 2.45) is 0 Å². The van der Waals surface area contributed by atoms with Crippen LogP contribution in [0, 0.1) is 0 Å². The van der Waals surface area contributed by atoms with Crippen molar-refractivity contribution in [2.75, 3.05) is 11.9 Å². The Morgan fingerprint density at radius 1 is 1.35 bits per heavy atom. The zero-order valence-corrected chi connectivity index (χ0v) is 10.3. The summed E-state index contributed by atoms with van der Waals surface area (Å²) >= 11 is 6.02.